The van der Waals surface area contributed by atoms with Crippen LogP contribution in [0.4, 0.5) is 0 Å². The standard InChI is InChI=1S/C13H20OS/c1-11-5-7-12(8-6-11)15-13(2,3)9-10-14-4/h5-8H,9-10H2,1-4H3. The van der Waals surface area contributed by atoms with Crippen LogP contribution in [0.5, 0.6) is 0 Å². The van der Waals surface area contributed by atoms with Gasteiger partial charge in [-0.2, -0.15) is 0 Å². The van der Waals surface area contributed by atoms with Crippen LogP contribution in [0, 0.1) is 6.92 Å². The smallest absolute Gasteiger partial charge is 0.0475 e. The van der Waals surface area contributed by atoms with Gasteiger partial charge in [0.2, 0.25) is 0 Å². The SMILES string of the molecule is COCCC(C)(C)Sc1ccc(C)cc1. The molecule has 0 radical (unpaired) electrons. The molecule has 0 aliphatic carbocycles. The van der Waals surface area contributed by atoms with E-state index in [1.54, 1.807) is 7.11 Å². The largest absolute Gasteiger partial charge is 0.385 e. The number of aryl methyl sites for hydroxylation is 1. The summed E-state index contributed by atoms with van der Waals surface area (Å²) in [5.41, 5.74) is 1.31. The molecule has 1 nitrogen and oxygen atoms in total. The molecule has 1 rings (SSSR count). The van der Waals surface area contributed by atoms with E-state index in [0.29, 0.717) is 0 Å². The van der Waals surface area contributed by atoms with Crippen LogP contribution < -0.4 is 0 Å². The molecule has 0 N–H and O–H groups in total. The Balaban J connectivity index is 2.56. The molecule has 0 saturated heterocycles. The van der Waals surface area contributed by atoms with Gasteiger partial charge in [0.1, 0.15) is 0 Å². The maximum atomic E-state index is 5.12. The Morgan fingerprint density at radius 1 is 1.20 bits per heavy atom. The monoisotopic (exact) mass is 224 g/mol. The minimum atomic E-state index is 0.241. The van der Waals surface area contributed by atoms with E-state index in [2.05, 4.69) is 45.0 Å². The normalized spacial score (nSPS) is 11.7. The van der Waals surface area contributed by atoms with Gasteiger partial charge in [-0.1, -0.05) is 31.5 Å². The highest BCUT2D eigenvalue weighted by Crippen LogP contribution is 2.34. The van der Waals surface area contributed by atoms with Gasteiger partial charge in [-0.25, -0.2) is 0 Å². The number of hydrogen-bond acceptors (Lipinski definition) is 2. The summed E-state index contributed by atoms with van der Waals surface area (Å²) in [6.07, 6.45) is 1.07. The second kappa shape index (κ2) is 5.57. The van der Waals surface area contributed by atoms with Crippen molar-refractivity contribution in [3.8, 4) is 0 Å². The maximum absolute atomic E-state index is 5.12. The van der Waals surface area contributed by atoms with Gasteiger partial charge in [0.15, 0.2) is 0 Å². The van der Waals surface area contributed by atoms with Crippen molar-refractivity contribution >= 4 is 11.8 Å². The van der Waals surface area contributed by atoms with Crippen LogP contribution in [0.2, 0.25) is 0 Å². The summed E-state index contributed by atoms with van der Waals surface area (Å²) >= 11 is 1.91. The number of benzene rings is 1. The van der Waals surface area contributed by atoms with Crippen molar-refractivity contribution in [2.24, 2.45) is 0 Å². The fraction of sp³-hybridized carbons (Fsp3) is 0.538. The lowest BCUT2D eigenvalue weighted by atomic mass is 10.1. The van der Waals surface area contributed by atoms with Crippen LogP contribution >= 0.6 is 11.8 Å². The van der Waals surface area contributed by atoms with Gasteiger partial charge in [-0.05, 0) is 25.5 Å². The lowest BCUT2D eigenvalue weighted by Crippen LogP contribution is -2.16. The fourth-order valence-electron chi connectivity index (χ4n) is 1.32. The Labute approximate surface area is 97.2 Å². The first-order valence-corrected chi connectivity index (χ1v) is 6.10. The summed E-state index contributed by atoms with van der Waals surface area (Å²) in [5, 5.41) is 0. The number of thioether (sulfide) groups is 1. The van der Waals surface area contributed by atoms with Gasteiger partial charge >= 0.3 is 0 Å². The lowest BCUT2D eigenvalue weighted by molar-refractivity contribution is 0.187. The fourth-order valence-corrected chi connectivity index (χ4v) is 2.42. The molecule has 1 aromatic rings. The molecule has 0 unspecified atom stereocenters. The summed E-state index contributed by atoms with van der Waals surface area (Å²) in [5.74, 6) is 0. The molecule has 0 aliphatic heterocycles. The van der Waals surface area contributed by atoms with Crippen molar-refractivity contribution < 1.29 is 4.74 Å². The predicted molar refractivity (Wildman–Crippen MR) is 67.6 cm³/mol. The Morgan fingerprint density at radius 3 is 2.33 bits per heavy atom. The van der Waals surface area contributed by atoms with Gasteiger partial charge in [0, 0.05) is 23.4 Å². The van der Waals surface area contributed by atoms with Crippen molar-refractivity contribution in [2.75, 3.05) is 13.7 Å². The van der Waals surface area contributed by atoms with Crippen LogP contribution in [0.15, 0.2) is 29.2 Å². The number of rotatable bonds is 5. The third-order valence-corrected chi connectivity index (χ3v) is 3.59. The van der Waals surface area contributed by atoms with Crippen LogP contribution in [-0.4, -0.2) is 18.5 Å². The van der Waals surface area contributed by atoms with Crippen molar-refractivity contribution in [1.82, 2.24) is 0 Å². The van der Waals surface area contributed by atoms with Crippen molar-refractivity contribution in [3.05, 3.63) is 29.8 Å². The Bertz CT molecular complexity index is 290. The molecule has 0 aliphatic rings. The molecule has 0 spiro atoms. The van der Waals surface area contributed by atoms with E-state index >= 15 is 0 Å². The zero-order chi connectivity index (χ0) is 11.3. The molecule has 0 amide bonds. The van der Waals surface area contributed by atoms with Gasteiger partial charge in [-0.3, -0.25) is 0 Å². The average Bonchev–Trinajstić information content (AvgIpc) is 2.18. The van der Waals surface area contributed by atoms with E-state index < -0.39 is 0 Å². The quantitative estimate of drug-likeness (QED) is 0.701. The first-order valence-electron chi connectivity index (χ1n) is 5.28. The number of methoxy groups -OCH3 is 1. The van der Waals surface area contributed by atoms with Crippen LogP contribution in [0.25, 0.3) is 0 Å². The van der Waals surface area contributed by atoms with Gasteiger partial charge in [0.05, 0.1) is 0 Å². The molecule has 1 aromatic carbocycles. The van der Waals surface area contributed by atoms with Crippen LogP contribution in [0.3, 0.4) is 0 Å². The second-order valence-corrected chi connectivity index (χ2v) is 6.20. The molecule has 0 bridgehead atoms. The average molecular weight is 224 g/mol. The summed E-state index contributed by atoms with van der Waals surface area (Å²) in [4.78, 5) is 1.33. The van der Waals surface area contributed by atoms with E-state index in [1.807, 2.05) is 11.8 Å². The summed E-state index contributed by atoms with van der Waals surface area (Å²) in [6, 6.07) is 8.70. The number of ether oxygens (including phenoxy) is 1. The lowest BCUT2D eigenvalue weighted by Gasteiger charge is -2.23. The molecule has 0 saturated carbocycles. The Kier molecular flexibility index (Phi) is 4.68. The Hall–Kier alpha value is -0.470. The first-order chi connectivity index (χ1) is 7.03. The summed E-state index contributed by atoms with van der Waals surface area (Å²) in [6.45, 7) is 7.46. The molecule has 0 heterocycles. The van der Waals surface area contributed by atoms with Crippen molar-refractivity contribution in [3.63, 3.8) is 0 Å². The first kappa shape index (κ1) is 12.6. The summed E-state index contributed by atoms with van der Waals surface area (Å²) in [7, 11) is 1.76. The highest BCUT2D eigenvalue weighted by Gasteiger charge is 2.18. The van der Waals surface area contributed by atoms with E-state index in [0.717, 1.165) is 13.0 Å². The van der Waals surface area contributed by atoms with Crippen LogP contribution in [-0.2, 0) is 4.74 Å². The molecule has 2 heteroatoms. The molecule has 0 aromatic heterocycles. The van der Waals surface area contributed by atoms with Crippen molar-refractivity contribution in [2.45, 2.75) is 36.8 Å². The molecule has 15 heavy (non-hydrogen) atoms. The van der Waals surface area contributed by atoms with Gasteiger partial charge in [-0.15, -0.1) is 11.8 Å². The zero-order valence-electron chi connectivity index (χ0n) is 10.0. The van der Waals surface area contributed by atoms with Gasteiger partial charge in [0.25, 0.3) is 0 Å². The second-order valence-electron chi connectivity index (χ2n) is 4.42. The third kappa shape index (κ3) is 4.72. The summed E-state index contributed by atoms with van der Waals surface area (Å²) < 4.78 is 5.36. The van der Waals surface area contributed by atoms with Crippen LogP contribution in [0.1, 0.15) is 25.8 Å². The minimum Gasteiger partial charge on any atom is -0.385 e. The van der Waals surface area contributed by atoms with Crippen molar-refractivity contribution in [1.29, 1.82) is 0 Å². The van der Waals surface area contributed by atoms with Gasteiger partial charge < -0.3 is 4.74 Å². The number of hydrogen-bond donors (Lipinski definition) is 0. The predicted octanol–water partition coefficient (Wildman–Crippen LogP) is 3.90. The highest BCUT2D eigenvalue weighted by molar-refractivity contribution is 8.00. The van der Waals surface area contributed by atoms with E-state index in [9.17, 15) is 0 Å². The molecule has 0 fully saturated rings. The van der Waals surface area contributed by atoms with E-state index in [1.165, 1.54) is 10.5 Å². The third-order valence-electron chi connectivity index (χ3n) is 2.32. The van der Waals surface area contributed by atoms with E-state index in [-0.39, 0.29) is 4.75 Å². The Morgan fingerprint density at radius 2 is 1.80 bits per heavy atom. The minimum absolute atomic E-state index is 0.241. The maximum Gasteiger partial charge on any atom is 0.0475 e. The molecular formula is C13H20OS. The topological polar surface area (TPSA) is 9.23 Å². The molecule has 0 atom stereocenters. The zero-order valence-corrected chi connectivity index (χ0v) is 10.9. The molecular weight excluding hydrogens is 204 g/mol. The molecule has 84 valence electrons. The van der Waals surface area contributed by atoms with E-state index in [4.69, 9.17) is 4.74 Å². The highest BCUT2D eigenvalue weighted by atomic mass is 32.2.